The summed E-state index contributed by atoms with van der Waals surface area (Å²) in [7, 11) is 1.63. The van der Waals surface area contributed by atoms with E-state index < -0.39 is 0 Å². The van der Waals surface area contributed by atoms with Crippen LogP contribution < -0.4 is 14.4 Å². The van der Waals surface area contributed by atoms with Crippen molar-refractivity contribution in [1.82, 2.24) is 19.9 Å². The van der Waals surface area contributed by atoms with Gasteiger partial charge in [-0.1, -0.05) is 6.07 Å². The molecule has 0 atom stereocenters. The highest BCUT2D eigenvalue weighted by molar-refractivity contribution is 5.38. The van der Waals surface area contributed by atoms with Gasteiger partial charge in [0.15, 0.2) is 0 Å². The second-order valence-electron chi connectivity index (χ2n) is 6.14. The number of benzene rings is 1. The van der Waals surface area contributed by atoms with Gasteiger partial charge >= 0.3 is 0 Å². The van der Waals surface area contributed by atoms with Gasteiger partial charge in [-0.05, 0) is 25.1 Å². The van der Waals surface area contributed by atoms with Crippen molar-refractivity contribution >= 4 is 5.95 Å². The number of hydrogen-bond acceptors (Lipinski definition) is 7. The predicted octanol–water partition coefficient (Wildman–Crippen LogP) is 2.98. The zero-order valence-electron chi connectivity index (χ0n) is 14.7. The average Bonchev–Trinajstić information content (AvgIpc) is 2.61. The standard InChI is InChI=1S/C19H19N5O2/c1-13-9-17(26-16-6-3-5-15(10-16)25-2)23-18(22-13)14-11-24(12-14)19-20-7-4-8-21-19/h3-10,14H,11-12H2,1-2H3. The summed E-state index contributed by atoms with van der Waals surface area (Å²) in [6.45, 7) is 3.54. The van der Waals surface area contributed by atoms with Gasteiger partial charge in [-0.15, -0.1) is 0 Å². The maximum absolute atomic E-state index is 5.90. The van der Waals surface area contributed by atoms with Crippen LogP contribution in [0.3, 0.4) is 0 Å². The first kappa shape index (κ1) is 16.3. The Balaban J connectivity index is 1.48. The van der Waals surface area contributed by atoms with Gasteiger partial charge in [0.25, 0.3) is 0 Å². The summed E-state index contributed by atoms with van der Waals surface area (Å²) in [6.07, 6.45) is 3.50. The van der Waals surface area contributed by atoms with E-state index in [1.165, 1.54) is 0 Å². The van der Waals surface area contributed by atoms with E-state index in [1.807, 2.05) is 43.3 Å². The molecular weight excluding hydrogens is 330 g/mol. The molecule has 1 saturated heterocycles. The Bertz CT molecular complexity index is 897. The van der Waals surface area contributed by atoms with E-state index in [-0.39, 0.29) is 5.92 Å². The van der Waals surface area contributed by atoms with Crippen molar-refractivity contribution in [3.8, 4) is 17.4 Å². The molecule has 0 bridgehead atoms. The molecule has 1 aliphatic rings. The Morgan fingerprint density at radius 1 is 1.00 bits per heavy atom. The molecule has 0 amide bonds. The van der Waals surface area contributed by atoms with Gasteiger partial charge in [-0.2, -0.15) is 4.98 Å². The Morgan fingerprint density at radius 2 is 1.77 bits per heavy atom. The lowest BCUT2D eigenvalue weighted by atomic mass is 10.00. The molecule has 132 valence electrons. The minimum atomic E-state index is 0.242. The Hall–Kier alpha value is -3.22. The summed E-state index contributed by atoms with van der Waals surface area (Å²) in [5, 5.41) is 0. The van der Waals surface area contributed by atoms with E-state index in [0.29, 0.717) is 11.6 Å². The van der Waals surface area contributed by atoms with E-state index in [0.717, 1.165) is 36.3 Å². The molecule has 7 nitrogen and oxygen atoms in total. The van der Waals surface area contributed by atoms with Crippen molar-refractivity contribution < 1.29 is 9.47 Å². The number of nitrogens with zero attached hydrogens (tertiary/aromatic N) is 5. The molecular formula is C19H19N5O2. The Kier molecular flexibility index (Phi) is 4.35. The normalized spacial score (nSPS) is 14.0. The van der Waals surface area contributed by atoms with Crippen molar-refractivity contribution in [3.05, 3.63) is 60.3 Å². The van der Waals surface area contributed by atoms with E-state index >= 15 is 0 Å². The number of methoxy groups -OCH3 is 1. The van der Waals surface area contributed by atoms with Crippen LogP contribution in [0.15, 0.2) is 48.8 Å². The third-order valence-corrected chi connectivity index (χ3v) is 4.19. The summed E-state index contributed by atoms with van der Waals surface area (Å²) in [5.74, 6) is 3.73. The van der Waals surface area contributed by atoms with Crippen LogP contribution in [0.1, 0.15) is 17.4 Å². The topological polar surface area (TPSA) is 73.3 Å². The van der Waals surface area contributed by atoms with Gasteiger partial charge in [-0.25, -0.2) is 15.0 Å². The third-order valence-electron chi connectivity index (χ3n) is 4.19. The molecule has 1 aromatic carbocycles. The molecule has 0 aliphatic carbocycles. The van der Waals surface area contributed by atoms with Crippen molar-refractivity contribution in [2.45, 2.75) is 12.8 Å². The fourth-order valence-corrected chi connectivity index (χ4v) is 2.84. The summed E-state index contributed by atoms with van der Waals surface area (Å²) in [6, 6.07) is 11.1. The van der Waals surface area contributed by atoms with Gasteiger partial charge in [0.05, 0.1) is 13.0 Å². The van der Waals surface area contributed by atoms with Crippen LogP contribution in [0, 0.1) is 6.92 Å². The van der Waals surface area contributed by atoms with Gasteiger partial charge in [0.1, 0.15) is 17.3 Å². The SMILES string of the molecule is COc1cccc(Oc2cc(C)nc(C3CN(c4ncccn4)C3)n2)c1. The van der Waals surface area contributed by atoms with Crippen molar-refractivity contribution in [3.63, 3.8) is 0 Å². The molecule has 4 rings (SSSR count). The predicted molar refractivity (Wildman–Crippen MR) is 96.8 cm³/mol. The van der Waals surface area contributed by atoms with Crippen molar-refractivity contribution in [1.29, 1.82) is 0 Å². The summed E-state index contributed by atoms with van der Waals surface area (Å²) >= 11 is 0. The monoisotopic (exact) mass is 349 g/mol. The van der Waals surface area contributed by atoms with Crippen molar-refractivity contribution in [2.75, 3.05) is 25.1 Å². The first-order chi connectivity index (χ1) is 12.7. The number of anilines is 1. The number of hydrogen-bond donors (Lipinski definition) is 0. The van der Waals surface area contributed by atoms with Gasteiger partial charge < -0.3 is 14.4 Å². The quantitative estimate of drug-likeness (QED) is 0.701. The summed E-state index contributed by atoms with van der Waals surface area (Å²) < 4.78 is 11.1. The lowest BCUT2D eigenvalue weighted by Gasteiger charge is -2.38. The summed E-state index contributed by atoms with van der Waals surface area (Å²) in [5.41, 5.74) is 0.877. The molecule has 3 aromatic rings. The molecule has 7 heteroatoms. The number of aryl methyl sites for hydroxylation is 1. The molecule has 0 spiro atoms. The van der Waals surface area contributed by atoms with Gasteiger partial charge in [0.2, 0.25) is 11.8 Å². The average molecular weight is 349 g/mol. The molecule has 0 radical (unpaired) electrons. The van der Waals surface area contributed by atoms with Crippen LogP contribution in [0.5, 0.6) is 17.4 Å². The van der Waals surface area contributed by atoms with E-state index in [2.05, 4.69) is 24.8 Å². The lowest BCUT2D eigenvalue weighted by molar-refractivity contribution is 0.405. The maximum atomic E-state index is 5.90. The van der Waals surface area contributed by atoms with E-state index in [9.17, 15) is 0 Å². The largest absolute Gasteiger partial charge is 0.497 e. The zero-order chi connectivity index (χ0) is 17.9. The zero-order valence-corrected chi connectivity index (χ0v) is 14.7. The first-order valence-electron chi connectivity index (χ1n) is 8.41. The molecule has 26 heavy (non-hydrogen) atoms. The smallest absolute Gasteiger partial charge is 0.225 e. The summed E-state index contributed by atoms with van der Waals surface area (Å²) in [4.78, 5) is 19.8. The highest BCUT2D eigenvalue weighted by Crippen LogP contribution is 2.30. The van der Waals surface area contributed by atoms with Crippen LogP contribution in [0.25, 0.3) is 0 Å². The van der Waals surface area contributed by atoms with E-state index in [4.69, 9.17) is 9.47 Å². The van der Waals surface area contributed by atoms with Crippen LogP contribution in [-0.2, 0) is 0 Å². The molecule has 3 heterocycles. The van der Waals surface area contributed by atoms with Gasteiger partial charge in [0, 0.05) is 43.3 Å². The minimum Gasteiger partial charge on any atom is -0.497 e. The molecule has 1 fully saturated rings. The lowest BCUT2D eigenvalue weighted by Crippen LogP contribution is -2.46. The van der Waals surface area contributed by atoms with E-state index in [1.54, 1.807) is 19.5 Å². The second-order valence-corrected chi connectivity index (χ2v) is 6.14. The number of aromatic nitrogens is 4. The molecule has 0 saturated carbocycles. The minimum absolute atomic E-state index is 0.242. The fourth-order valence-electron chi connectivity index (χ4n) is 2.84. The number of ether oxygens (including phenoxy) is 2. The van der Waals surface area contributed by atoms with Gasteiger partial charge in [-0.3, -0.25) is 0 Å². The molecule has 1 aliphatic heterocycles. The van der Waals surface area contributed by atoms with Crippen LogP contribution >= 0.6 is 0 Å². The highest BCUT2D eigenvalue weighted by atomic mass is 16.5. The van der Waals surface area contributed by atoms with Crippen LogP contribution in [0.4, 0.5) is 5.95 Å². The highest BCUT2D eigenvalue weighted by Gasteiger charge is 2.32. The van der Waals surface area contributed by atoms with Crippen LogP contribution in [0.2, 0.25) is 0 Å². The van der Waals surface area contributed by atoms with Crippen LogP contribution in [-0.4, -0.2) is 40.1 Å². The third kappa shape index (κ3) is 3.42. The molecule has 0 unspecified atom stereocenters. The molecule has 2 aromatic heterocycles. The Labute approximate surface area is 151 Å². The molecule has 0 N–H and O–H groups in total. The fraction of sp³-hybridized carbons (Fsp3) is 0.263. The second kappa shape index (κ2) is 6.95. The van der Waals surface area contributed by atoms with Crippen molar-refractivity contribution in [2.24, 2.45) is 0 Å². The number of rotatable bonds is 5. The first-order valence-corrected chi connectivity index (χ1v) is 8.41. The Morgan fingerprint density at radius 3 is 2.54 bits per heavy atom. The maximum Gasteiger partial charge on any atom is 0.225 e.